The molecule has 3 aromatic carbocycles. The zero-order valence-electron chi connectivity index (χ0n) is 17.7. The predicted molar refractivity (Wildman–Crippen MR) is 127 cm³/mol. The Kier molecular flexibility index (Phi) is 8.21. The molecule has 0 aromatic heterocycles. The van der Waals surface area contributed by atoms with E-state index in [1.165, 1.54) is 12.1 Å². The highest BCUT2D eigenvalue weighted by Crippen LogP contribution is 2.21. The number of anilines is 2. The molecule has 0 fully saturated rings. The summed E-state index contributed by atoms with van der Waals surface area (Å²) in [6, 6.07) is 20.3. The van der Waals surface area contributed by atoms with Gasteiger partial charge in [-0.3, -0.25) is 9.59 Å². The first kappa shape index (κ1) is 23.6. The molecule has 7 nitrogen and oxygen atoms in total. The van der Waals surface area contributed by atoms with Gasteiger partial charge in [-0.05, 0) is 48.0 Å². The number of esters is 1. The van der Waals surface area contributed by atoms with Crippen LogP contribution in [-0.4, -0.2) is 31.5 Å². The van der Waals surface area contributed by atoms with Crippen molar-refractivity contribution >= 4 is 46.8 Å². The van der Waals surface area contributed by atoms with Crippen molar-refractivity contribution in [1.82, 2.24) is 0 Å². The second-order valence-corrected chi connectivity index (χ2v) is 7.15. The number of benzene rings is 3. The quantitative estimate of drug-likeness (QED) is 0.369. The molecule has 0 atom stereocenters. The van der Waals surface area contributed by atoms with Gasteiger partial charge in [0, 0.05) is 6.08 Å². The Morgan fingerprint density at radius 3 is 2.24 bits per heavy atom. The molecule has 3 rings (SSSR count). The average molecular weight is 465 g/mol. The van der Waals surface area contributed by atoms with E-state index in [0.29, 0.717) is 16.5 Å². The minimum Gasteiger partial charge on any atom is -0.497 e. The third-order valence-electron chi connectivity index (χ3n) is 4.43. The molecule has 2 N–H and O–H groups in total. The number of methoxy groups -OCH3 is 1. The Morgan fingerprint density at radius 2 is 1.55 bits per heavy atom. The van der Waals surface area contributed by atoms with Crippen molar-refractivity contribution in [2.75, 3.05) is 24.4 Å². The Labute approximate surface area is 196 Å². The fourth-order valence-electron chi connectivity index (χ4n) is 2.79. The van der Waals surface area contributed by atoms with Crippen LogP contribution < -0.4 is 15.4 Å². The summed E-state index contributed by atoms with van der Waals surface area (Å²) < 4.78 is 10.2. The van der Waals surface area contributed by atoms with Gasteiger partial charge in [-0.15, -0.1) is 0 Å². The van der Waals surface area contributed by atoms with Gasteiger partial charge in [-0.1, -0.05) is 48.0 Å². The average Bonchev–Trinajstić information content (AvgIpc) is 2.83. The summed E-state index contributed by atoms with van der Waals surface area (Å²) in [5.74, 6) is -1.01. The fraction of sp³-hybridized carbons (Fsp3) is 0.0800. The lowest BCUT2D eigenvalue weighted by molar-refractivity contribution is -0.119. The van der Waals surface area contributed by atoms with Crippen LogP contribution in [0, 0.1) is 0 Å². The molecule has 3 aromatic rings. The lowest BCUT2D eigenvalue weighted by atomic mass is 10.1. The molecule has 0 saturated carbocycles. The summed E-state index contributed by atoms with van der Waals surface area (Å²) in [6.07, 6.45) is 2.98. The van der Waals surface area contributed by atoms with Gasteiger partial charge in [-0.2, -0.15) is 0 Å². The molecular weight excluding hydrogens is 444 g/mol. The third kappa shape index (κ3) is 6.95. The van der Waals surface area contributed by atoms with Crippen molar-refractivity contribution in [1.29, 1.82) is 0 Å². The molecule has 8 heteroatoms. The maximum absolute atomic E-state index is 12.5. The second-order valence-electron chi connectivity index (χ2n) is 6.75. The zero-order valence-corrected chi connectivity index (χ0v) is 18.5. The van der Waals surface area contributed by atoms with Crippen LogP contribution in [0.25, 0.3) is 6.08 Å². The van der Waals surface area contributed by atoms with Crippen molar-refractivity contribution in [2.24, 2.45) is 0 Å². The molecule has 168 valence electrons. The van der Waals surface area contributed by atoms with Gasteiger partial charge >= 0.3 is 5.97 Å². The third-order valence-corrected chi connectivity index (χ3v) is 4.76. The van der Waals surface area contributed by atoms with E-state index in [2.05, 4.69) is 10.6 Å². The molecular formula is C25H21ClN2O5. The molecule has 0 radical (unpaired) electrons. The maximum atomic E-state index is 12.5. The van der Waals surface area contributed by atoms with Crippen LogP contribution >= 0.6 is 11.6 Å². The molecule has 0 aliphatic rings. The number of rotatable bonds is 8. The summed E-state index contributed by atoms with van der Waals surface area (Å²) >= 11 is 6.00. The SMILES string of the molecule is COc1ccc(/C=C/C(=O)Nc2ccccc2C(=O)OCC(=O)Nc2ccccc2Cl)cc1. The van der Waals surface area contributed by atoms with E-state index in [1.807, 2.05) is 12.1 Å². The van der Waals surface area contributed by atoms with Crippen LogP contribution in [0.1, 0.15) is 15.9 Å². The summed E-state index contributed by atoms with van der Waals surface area (Å²) in [4.78, 5) is 36.9. The summed E-state index contributed by atoms with van der Waals surface area (Å²) in [6.45, 7) is -0.510. The van der Waals surface area contributed by atoms with E-state index in [9.17, 15) is 14.4 Å². The van der Waals surface area contributed by atoms with Gasteiger partial charge in [0.25, 0.3) is 5.91 Å². The van der Waals surface area contributed by atoms with Crippen LogP contribution in [0.5, 0.6) is 5.75 Å². The molecule has 0 spiro atoms. The number of hydrogen-bond acceptors (Lipinski definition) is 5. The molecule has 0 bridgehead atoms. The Bertz CT molecular complexity index is 1180. The van der Waals surface area contributed by atoms with E-state index in [0.717, 1.165) is 5.56 Å². The van der Waals surface area contributed by atoms with Crippen LogP contribution in [0.3, 0.4) is 0 Å². The zero-order chi connectivity index (χ0) is 23.6. The lowest BCUT2D eigenvalue weighted by Gasteiger charge is -2.10. The lowest BCUT2D eigenvalue weighted by Crippen LogP contribution is -2.22. The smallest absolute Gasteiger partial charge is 0.340 e. The van der Waals surface area contributed by atoms with Crippen molar-refractivity contribution < 1.29 is 23.9 Å². The predicted octanol–water partition coefficient (Wildman–Crippen LogP) is 4.80. The minimum absolute atomic E-state index is 0.120. The molecule has 0 unspecified atom stereocenters. The highest BCUT2D eigenvalue weighted by Gasteiger charge is 2.15. The Hall–Kier alpha value is -4.10. The fourth-order valence-corrected chi connectivity index (χ4v) is 2.97. The van der Waals surface area contributed by atoms with Crippen LogP contribution in [0.4, 0.5) is 11.4 Å². The first-order chi connectivity index (χ1) is 16.0. The van der Waals surface area contributed by atoms with Gasteiger partial charge in [0.1, 0.15) is 5.75 Å². The highest BCUT2D eigenvalue weighted by molar-refractivity contribution is 6.33. The van der Waals surface area contributed by atoms with Gasteiger partial charge in [0.2, 0.25) is 5.91 Å². The molecule has 2 amide bonds. The maximum Gasteiger partial charge on any atom is 0.340 e. The number of nitrogens with one attached hydrogen (secondary N) is 2. The topological polar surface area (TPSA) is 93.7 Å². The summed E-state index contributed by atoms with van der Waals surface area (Å²) in [7, 11) is 1.58. The largest absolute Gasteiger partial charge is 0.497 e. The van der Waals surface area contributed by atoms with Gasteiger partial charge < -0.3 is 20.1 Å². The summed E-state index contributed by atoms with van der Waals surface area (Å²) in [5, 5.41) is 5.59. The van der Waals surface area contributed by atoms with E-state index in [4.69, 9.17) is 21.1 Å². The van der Waals surface area contributed by atoms with Gasteiger partial charge in [-0.25, -0.2) is 4.79 Å². The van der Waals surface area contributed by atoms with E-state index in [1.54, 1.807) is 67.8 Å². The number of ether oxygens (including phenoxy) is 2. The number of carbonyl (C=O) groups excluding carboxylic acids is 3. The van der Waals surface area contributed by atoms with Crippen molar-refractivity contribution in [2.45, 2.75) is 0 Å². The first-order valence-corrected chi connectivity index (χ1v) is 10.3. The Balaban J connectivity index is 1.58. The van der Waals surface area contributed by atoms with Crippen LogP contribution in [-0.2, 0) is 14.3 Å². The second kappa shape index (κ2) is 11.5. The first-order valence-electron chi connectivity index (χ1n) is 9.90. The normalized spacial score (nSPS) is 10.5. The van der Waals surface area contributed by atoms with E-state index in [-0.39, 0.29) is 11.3 Å². The van der Waals surface area contributed by atoms with Crippen molar-refractivity contribution in [3.63, 3.8) is 0 Å². The van der Waals surface area contributed by atoms with Gasteiger partial charge in [0.15, 0.2) is 6.61 Å². The number of para-hydroxylation sites is 2. The van der Waals surface area contributed by atoms with E-state index >= 15 is 0 Å². The number of amides is 2. The molecule has 0 heterocycles. The molecule has 0 aliphatic carbocycles. The molecule has 33 heavy (non-hydrogen) atoms. The summed E-state index contributed by atoms with van der Waals surface area (Å²) in [5.41, 5.74) is 1.60. The standard InChI is InChI=1S/C25H21ClN2O5/c1-32-18-13-10-17(11-14-18)12-15-23(29)27-21-8-4-2-6-19(21)25(31)33-16-24(30)28-22-9-5-3-7-20(22)26/h2-15H,16H2,1H3,(H,27,29)(H,28,30)/b15-12+. The minimum atomic E-state index is -0.751. The van der Waals surface area contributed by atoms with Crippen LogP contribution in [0.15, 0.2) is 78.9 Å². The van der Waals surface area contributed by atoms with Crippen molar-refractivity contribution in [3.05, 3.63) is 95.0 Å². The number of carbonyl (C=O) groups is 3. The number of halogens is 1. The van der Waals surface area contributed by atoms with Gasteiger partial charge in [0.05, 0.1) is 29.1 Å². The molecule has 0 aliphatic heterocycles. The number of hydrogen-bond donors (Lipinski definition) is 2. The highest BCUT2D eigenvalue weighted by atomic mass is 35.5. The van der Waals surface area contributed by atoms with Crippen molar-refractivity contribution in [3.8, 4) is 5.75 Å². The van der Waals surface area contributed by atoms with Crippen LogP contribution in [0.2, 0.25) is 5.02 Å². The molecule has 0 saturated heterocycles. The Morgan fingerprint density at radius 1 is 0.879 bits per heavy atom. The van der Waals surface area contributed by atoms with E-state index < -0.39 is 24.4 Å². The monoisotopic (exact) mass is 464 g/mol.